The van der Waals surface area contributed by atoms with Crippen LogP contribution in [0.5, 0.6) is 0 Å². The van der Waals surface area contributed by atoms with Crippen molar-refractivity contribution in [2.24, 2.45) is 0 Å². The number of hydrogen-bond donors (Lipinski definition) is 1. The lowest BCUT2D eigenvalue weighted by atomic mass is 10.1. The quantitative estimate of drug-likeness (QED) is 0.372. The second-order valence-corrected chi connectivity index (χ2v) is 9.16. The molecule has 0 radical (unpaired) electrons. The van der Waals surface area contributed by atoms with Gasteiger partial charge in [0.1, 0.15) is 0 Å². The number of nitrogens with zero attached hydrogens (tertiary/aromatic N) is 1. The summed E-state index contributed by atoms with van der Waals surface area (Å²) in [6, 6.07) is 22.9. The molecule has 3 aromatic carbocycles. The van der Waals surface area contributed by atoms with Crippen LogP contribution >= 0.6 is 11.8 Å². The van der Waals surface area contributed by atoms with Crippen LogP contribution in [0.1, 0.15) is 29.3 Å². The second-order valence-electron chi connectivity index (χ2n) is 7.88. The highest BCUT2D eigenvalue weighted by atomic mass is 32.2. The highest BCUT2D eigenvalue weighted by molar-refractivity contribution is 8.00. The summed E-state index contributed by atoms with van der Waals surface area (Å²) in [5, 5.41) is 2.32. The van der Waals surface area contributed by atoms with E-state index in [4.69, 9.17) is 4.74 Å². The number of nitrogens with one attached hydrogen (secondary N) is 1. The Morgan fingerprint density at radius 3 is 2.31 bits per heavy atom. The van der Waals surface area contributed by atoms with Crippen LogP contribution in [0.2, 0.25) is 0 Å². The molecule has 0 bridgehead atoms. The Hall–Kier alpha value is -3.91. The van der Waals surface area contributed by atoms with E-state index in [1.54, 1.807) is 43.3 Å². The van der Waals surface area contributed by atoms with Gasteiger partial charge in [0.25, 0.3) is 0 Å². The van der Waals surface area contributed by atoms with Crippen LogP contribution in [-0.2, 0) is 25.5 Å². The first-order valence-corrected chi connectivity index (χ1v) is 12.1. The third kappa shape index (κ3) is 5.96. The molecule has 3 amide bonds. The molecule has 1 aliphatic rings. The second kappa shape index (κ2) is 11.0. The molecule has 35 heavy (non-hydrogen) atoms. The van der Waals surface area contributed by atoms with Gasteiger partial charge in [0.15, 0.2) is 0 Å². The number of ether oxygens (including phenoxy) is 1. The Morgan fingerprint density at radius 2 is 1.66 bits per heavy atom. The van der Waals surface area contributed by atoms with E-state index in [0.717, 1.165) is 15.4 Å². The van der Waals surface area contributed by atoms with Crippen LogP contribution in [0.25, 0.3) is 0 Å². The molecule has 1 saturated heterocycles. The highest BCUT2D eigenvalue weighted by Crippen LogP contribution is 2.34. The molecule has 7 nitrogen and oxygen atoms in total. The third-order valence-corrected chi connectivity index (χ3v) is 6.56. The Labute approximate surface area is 207 Å². The minimum atomic E-state index is -0.550. The lowest BCUT2D eigenvalue weighted by molar-refractivity contribution is -0.121. The molecule has 4 rings (SSSR count). The van der Waals surface area contributed by atoms with Gasteiger partial charge in [-0.1, -0.05) is 30.3 Å². The zero-order chi connectivity index (χ0) is 24.8. The van der Waals surface area contributed by atoms with E-state index in [2.05, 4.69) is 5.32 Å². The number of hydrogen-bond acceptors (Lipinski definition) is 6. The number of imide groups is 1. The fourth-order valence-corrected chi connectivity index (χ4v) is 4.75. The fraction of sp³-hybridized carbons (Fsp3) is 0.185. The molecule has 178 valence electrons. The van der Waals surface area contributed by atoms with Crippen molar-refractivity contribution in [3.05, 3.63) is 90.0 Å². The van der Waals surface area contributed by atoms with Crippen LogP contribution in [0, 0.1) is 0 Å². The summed E-state index contributed by atoms with van der Waals surface area (Å²) in [7, 11) is 0. The van der Waals surface area contributed by atoms with Crippen molar-refractivity contribution in [2.75, 3.05) is 16.8 Å². The highest BCUT2D eigenvalue weighted by Gasteiger charge is 2.40. The van der Waals surface area contributed by atoms with E-state index >= 15 is 0 Å². The molecule has 1 unspecified atom stereocenters. The van der Waals surface area contributed by atoms with E-state index in [9.17, 15) is 19.2 Å². The van der Waals surface area contributed by atoms with Gasteiger partial charge in [0.2, 0.25) is 17.7 Å². The number of carbonyl (C=O) groups excluding carboxylic acids is 4. The lowest BCUT2D eigenvalue weighted by Crippen LogP contribution is -2.31. The monoisotopic (exact) mass is 488 g/mol. The number of amides is 3. The molecule has 0 aromatic heterocycles. The van der Waals surface area contributed by atoms with Crippen LogP contribution in [0.4, 0.5) is 11.4 Å². The first-order chi connectivity index (χ1) is 16.9. The Kier molecular flexibility index (Phi) is 7.62. The minimum absolute atomic E-state index is 0.0820. The van der Waals surface area contributed by atoms with Crippen LogP contribution in [0.3, 0.4) is 0 Å². The summed E-state index contributed by atoms with van der Waals surface area (Å²) in [6.45, 7) is 1.99. The molecule has 1 heterocycles. The summed E-state index contributed by atoms with van der Waals surface area (Å²) in [4.78, 5) is 51.6. The van der Waals surface area contributed by atoms with Gasteiger partial charge in [-0.15, -0.1) is 11.8 Å². The third-order valence-electron chi connectivity index (χ3n) is 5.37. The van der Waals surface area contributed by atoms with Gasteiger partial charge in [-0.25, -0.2) is 9.69 Å². The van der Waals surface area contributed by atoms with Crippen molar-refractivity contribution in [3.63, 3.8) is 0 Å². The van der Waals surface area contributed by atoms with Crippen molar-refractivity contribution in [1.82, 2.24) is 0 Å². The predicted molar refractivity (Wildman–Crippen MR) is 134 cm³/mol. The van der Waals surface area contributed by atoms with E-state index in [1.165, 1.54) is 11.8 Å². The first kappa shape index (κ1) is 24.2. The van der Waals surface area contributed by atoms with Gasteiger partial charge in [0.05, 0.1) is 29.5 Å². The normalized spacial score (nSPS) is 15.2. The molecule has 3 aromatic rings. The molecule has 1 atom stereocenters. The zero-order valence-corrected chi connectivity index (χ0v) is 19.9. The van der Waals surface area contributed by atoms with E-state index in [0.29, 0.717) is 16.9 Å². The SMILES string of the molecule is CCOC(=O)c1ccc(N2C(=O)CC(Sc3ccc(NC(=O)Cc4ccccc4)cc3)C2=O)cc1. The summed E-state index contributed by atoms with van der Waals surface area (Å²) < 4.78 is 4.96. The molecule has 1 N–H and O–H groups in total. The standard InChI is InChI=1S/C27H24N2O5S/c1-2-34-27(33)19-8-12-21(13-9-19)29-25(31)17-23(26(29)32)35-22-14-10-20(11-15-22)28-24(30)16-18-6-4-3-5-7-18/h3-15,23H,2,16-17H2,1H3,(H,28,30). The number of rotatable bonds is 8. The molecule has 1 fully saturated rings. The van der Waals surface area contributed by atoms with E-state index in [-0.39, 0.29) is 37.2 Å². The van der Waals surface area contributed by atoms with Crippen LogP contribution < -0.4 is 10.2 Å². The van der Waals surface area contributed by atoms with Gasteiger partial charge in [0, 0.05) is 17.0 Å². The smallest absolute Gasteiger partial charge is 0.338 e. The Morgan fingerprint density at radius 1 is 0.971 bits per heavy atom. The number of thioether (sulfide) groups is 1. The molecular formula is C27H24N2O5S. The topological polar surface area (TPSA) is 92.8 Å². The van der Waals surface area contributed by atoms with Gasteiger partial charge in [-0.05, 0) is 61.0 Å². The molecule has 0 aliphatic carbocycles. The van der Waals surface area contributed by atoms with Crippen molar-refractivity contribution in [2.45, 2.75) is 29.9 Å². The van der Waals surface area contributed by atoms with E-state index in [1.807, 2.05) is 42.5 Å². The maximum atomic E-state index is 13.0. The Balaban J connectivity index is 1.35. The number of esters is 1. The summed E-state index contributed by atoms with van der Waals surface area (Å²) >= 11 is 1.31. The molecule has 0 spiro atoms. The largest absolute Gasteiger partial charge is 0.462 e. The van der Waals surface area contributed by atoms with Gasteiger partial charge in [-0.2, -0.15) is 0 Å². The van der Waals surface area contributed by atoms with Crippen molar-refractivity contribution in [1.29, 1.82) is 0 Å². The molecule has 0 saturated carbocycles. The maximum Gasteiger partial charge on any atom is 0.338 e. The number of benzene rings is 3. The van der Waals surface area contributed by atoms with Crippen molar-refractivity contribution >= 4 is 46.8 Å². The average Bonchev–Trinajstić information content (AvgIpc) is 3.13. The lowest BCUT2D eigenvalue weighted by Gasteiger charge is -2.15. The van der Waals surface area contributed by atoms with Gasteiger partial charge in [-0.3, -0.25) is 14.4 Å². The summed E-state index contributed by atoms with van der Waals surface area (Å²) in [5.74, 6) is -1.16. The molecular weight excluding hydrogens is 464 g/mol. The number of carbonyl (C=O) groups is 4. The van der Waals surface area contributed by atoms with Gasteiger partial charge < -0.3 is 10.1 Å². The first-order valence-electron chi connectivity index (χ1n) is 11.2. The van der Waals surface area contributed by atoms with Crippen molar-refractivity contribution < 1.29 is 23.9 Å². The molecule has 1 aliphatic heterocycles. The zero-order valence-electron chi connectivity index (χ0n) is 19.1. The van der Waals surface area contributed by atoms with Crippen molar-refractivity contribution in [3.8, 4) is 0 Å². The van der Waals surface area contributed by atoms with Crippen LogP contribution in [-0.4, -0.2) is 35.5 Å². The average molecular weight is 489 g/mol. The summed E-state index contributed by atoms with van der Waals surface area (Å²) in [6.07, 6.45) is 0.366. The molecule has 8 heteroatoms. The van der Waals surface area contributed by atoms with E-state index < -0.39 is 11.2 Å². The predicted octanol–water partition coefficient (Wildman–Crippen LogP) is 4.47. The maximum absolute atomic E-state index is 13.0. The van der Waals surface area contributed by atoms with Gasteiger partial charge >= 0.3 is 5.97 Å². The minimum Gasteiger partial charge on any atom is -0.462 e. The number of anilines is 2. The fourth-order valence-electron chi connectivity index (χ4n) is 3.70. The summed E-state index contributed by atoms with van der Waals surface area (Å²) in [5.41, 5.74) is 2.37. The van der Waals surface area contributed by atoms with Crippen LogP contribution in [0.15, 0.2) is 83.8 Å². The Bertz CT molecular complexity index is 1230.